The van der Waals surface area contributed by atoms with E-state index in [0.717, 1.165) is 38.2 Å². The van der Waals surface area contributed by atoms with Gasteiger partial charge < -0.3 is 10.3 Å². The number of nitrogens with zero attached hydrogens (tertiary/aromatic N) is 5. The highest BCUT2D eigenvalue weighted by Gasteiger charge is 2.22. The number of benzene rings is 1. The summed E-state index contributed by atoms with van der Waals surface area (Å²) in [5.41, 5.74) is 6.12. The molecule has 28 heavy (non-hydrogen) atoms. The summed E-state index contributed by atoms with van der Waals surface area (Å²) >= 11 is 0. The largest absolute Gasteiger partial charge is 0.365 e. The van der Waals surface area contributed by atoms with Crippen LogP contribution in [-0.4, -0.2) is 45.1 Å². The van der Waals surface area contributed by atoms with Crippen LogP contribution < -0.4 is 16.2 Å². The highest BCUT2D eigenvalue weighted by atomic mass is 16.2. The summed E-state index contributed by atoms with van der Waals surface area (Å²) in [4.78, 5) is 33.7. The number of hydrogen-bond donors (Lipinski definition) is 1. The molecule has 144 valence electrons. The molecule has 0 atom stereocenters. The summed E-state index contributed by atoms with van der Waals surface area (Å²) in [5, 5.41) is 4.53. The van der Waals surface area contributed by atoms with Crippen molar-refractivity contribution in [2.75, 3.05) is 24.6 Å². The number of hydrogen-bond acceptors (Lipinski definition) is 6. The fraction of sp³-hybridized carbons (Fsp3) is 0.300. The number of carbonyl (C=O) groups is 1. The van der Waals surface area contributed by atoms with Crippen molar-refractivity contribution in [2.24, 2.45) is 5.73 Å². The normalized spacial score (nSPS) is 14.5. The first-order valence-corrected chi connectivity index (χ1v) is 9.40. The molecule has 8 heteroatoms. The van der Waals surface area contributed by atoms with Gasteiger partial charge in [-0.1, -0.05) is 18.2 Å². The highest BCUT2D eigenvalue weighted by molar-refractivity contribution is 5.96. The van der Waals surface area contributed by atoms with E-state index in [4.69, 9.17) is 10.7 Å². The van der Waals surface area contributed by atoms with E-state index in [1.807, 2.05) is 42.3 Å². The van der Waals surface area contributed by atoms with Gasteiger partial charge in [0.2, 0.25) is 11.4 Å². The Hall–Kier alpha value is -3.26. The number of fused-ring (bicyclic) bond motifs is 1. The van der Waals surface area contributed by atoms with Crippen molar-refractivity contribution in [3.63, 3.8) is 0 Å². The van der Waals surface area contributed by atoms with Gasteiger partial charge in [-0.05, 0) is 31.9 Å². The zero-order valence-electron chi connectivity index (χ0n) is 15.7. The average Bonchev–Trinajstić information content (AvgIpc) is 3.24. The first kappa shape index (κ1) is 18.1. The van der Waals surface area contributed by atoms with E-state index in [1.54, 1.807) is 4.57 Å². The van der Waals surface area contributed by atoms with Crippen molar-refractivity contribution >= 4 is 22.9 Å². The molecule has 0 saturated carbocycles. The monoisotopic (exact) mass is 378 g/mol. The molecule has 1 aliphatic heterocycles. The van der Waals surface area contributed by atoms with Crippen LogP contribution in [0.4, 0.5) is 5.95 Å². The summed E-state index contributed by atoms with van der Waals surface area (Å²) in [6, 6.07) is 9.43. The molecule has 4 rings (SSSR count). The van der Waals surface area contributed by atoms with Crippen LogP contribution in [0.5, 0.6) is 0 Å². The van der Waals surface area contributed by atoms with E-state index in [2.05, 4.69) is 9.99 Å². The van der Waals surface area contributed by atoms with Gasteiger partial charge in [0.1, 0.15) is 5.56 Å². The fourth-order valence-electron chi connectivity index (χ4n) is 3.60. The van der Waals surface area contributed by atoms with Gasteiger partial charge in [0.15, 0.2) is 5.65 Å². The number of aromatic nitrogens is 3. The zero-order valence-corrected chi connectivity index (χ0v) is 15.7. The van der Waals surface area contributed by atoms with Crippen LogP contribution in [0.2, 0.25) is 0 Å². The van der Waals surface area contributed by atoms with E-state index < -0.39 is 11.3 Å². The van der Waals surface area contributed by atoms with Crippen molar-refractivity contribution in [2.45, 2.75) is 19.8 Å². The molecule has 0 spiro atoms. The van der Waals surface area contributed by atoms with E-state index in [0.29, 0.717) is 11.6 Å². The molecule has 3 aromatic rings. The van der Waals surface area contributed by atoms with E-state index in [9.17, 15) is 9.59 Å². The second-order valence-electron chi connectivity index (χ2n) is 6.73. The van der Waals surface area contributed by atoms with Crippen LogP contribution in [0.3, 0.4) is 0 Å². The van der Waals surface area contributed by atoms with Crippen molar-refractivity contribution in [3.8, 4) is 5.69 Å². The Balaban J connectivity index is 1.95. The molecule has 1 amide bonds. The Morgan fingerprint density at radius 2 is 1.93 bits per heavy atom. The van der Waals surface area contributed by atoms with Gasteiger partial charge in [-0.25, -0.2) is 9.99 Å². The van der Waals surface area contributed by atoms with Gasteiger partial charge in [-0.3, -0.25) is 14.6 Å². The fourth-order valence-corrected chi connectivity index (χ4v) is 3.60. The Labute approximate surface area is 162 Å². The smallest absolute Gasteiger partial charge is 0.254 e. The molecule has 2 aromatic heterocycles. The summed E-state index contributed by atoms with van der Waals surface area (Å²) < 4.78 is 1.72. The van der Waals surface area contributed by atoms with E-state index in [-0.39, 0.29) is 10.9 Å². The first-order valence-electron chi connectivity index (χ1n) is 9.40. The molecule has 8 nitrogen and oxygen atoms in total. The number of amides is 1. The third-order valence-corrected chi connectivity index (χ3v) is 4.99. The molecule has 1 fully saturated rings. The van der Waals surface area contributed by atoms with Crippen LogP contribution in [0.15, 0.2) is 47.5 Å². The van der Waals surface area contributed by atoms with Crippen LogP contribution >= 0.6 is 0 Å². The van der Waals surface area contributed by atoms with Gasteiger partial charge in [0.05, 0.1) is 5.39 Å². The van der Waals surface area contributed by atoms with Crippen LogP contribution in [0.1, 0.15) is 30.1 Å². The lowest BCUT2D eigenvalue weighted by molar-refractivity contribution is 0.0999. The number of rotatable bonds is 5. The molecule has 0 bridgehead atoms. The molecule has 1 aliphatic rings. The molecule has 0 radical (unpaired) electrons. The summed E-state index contributed by atoms with van der Waals surface area (Å²) in [6.45, 7) is 4.69. The van der Waals surface area contributed by atoms with Crippen LogP contribution in [0, 0.1) is 0 Å². The Morgan fingerprint density at radius 1 is 1.21 bits per heavy atom. The number of primary amides is 1. The number of carbonyl (C=O) groups excluding carboxylic acids is 1. The minimum absolute atomic E-state index is 0.0837. The van der Waals surface area contributed by atoms with Crippen molar-refractivity contribution < 1.29 is 4.79 Å². The molecule has 0 aliphatic carbocycles. The van der Waals surface area contributed by atoms with E-state index in [1.165, 1.54) is 12.4 Å². The predicted molar refractivity (Wildman–Crippen MR) is 107 cm³/mol. The lowest BCUT2D eigenvalue weighted by atomic mass is 10.2. The third kappa shape index (κ3) is 3.11. The van der Waals surface area contributed by atoms with E-state index >= 15 is 0 Å². The number of nitrogens with two attached hydrogens (primary N) is 1. The number of pyridine rings is 1. The maximum absolute atomic E-state index is 12.7. The molecule has 3 heterocycles. The molecular weight excluding hydrogens is 356 g/mol. The van der Waals surface area contributed by atoms with Crippen molar-refractivity contribution in [1.82, 2.24) is 19.5 Å². The number of hydrazine groups is 1. The molecule has 2 N–H and O–H groups in total. The summed E-state index contributed by atoms with van der Waals surface area (Å²) in [6.07, 6.45) is 5.23. The van der Waals surface area contributed by atoms with Crippen LogP contribution in [0.25, 0.3) is 16.7 Å². The highest BCUT2D eigenvalue weighted by Crippen LogP contribution is 2.21. The van der Waals surface area contributed by atoms with Crippen LogP contribution in [-0.2, 0) is 0 Å². The molecular formula is C20H22N6O2. The Bertz CT molecular complexity index is 1070. The average molecular weight is 378 g/mol. The number of para-hydroxylation sites is 1. The maximum Gasteiger partial charge on any atom is 0.254 e. The second-order valence-corrected chi connectivity index (χ2v) is 6.73. The molecule has 1 saturated heterocycles. The number of anilines is 1. The lowest BCUT2D eigenvalue weighted by Gasteiger charge is -2.30. The third-order valence-electron chi connectivity index (χ3n) is 4.99. The predicted octanol–water partition coefficient (Wildman–Crippen LogP) is 1.72. The molecule has 1 aromatic carbocycles. The standard InChI is InChI=1S/C20H22N6O2/c1-2-26(24-10-6-7-11-24)20-22-12-15-17(27)16(18(21)28)13-25(19(15)23-20)14-8-4-3-5-9-14/h3-5,8-9,12-13H,2,6-7,10-11H2,1H3,(H2,21,28). The Morgan fingerprint density at radius 3 is 2.57 bits per heavy atom. The van der Waals surface area contributed by atoms with Gasteiger partial charge in [-0.15, -0.1) is 0 Å². The van der Waals surface area contributed by atoms with Crippen molar-refractivity contribution in [3.05, 3.63) is 58.5 Å². The van der Waals surface area contributed by atoms with Gasteiger partial charge >= 0.3 is 0 Å². The minimum atomic E-state index is -0.770. The first-order chi connectivity index (χ1) is 13.6. The maximum atomic E-state index is 12.7. The SMILES string of the molecule is CCN(c1ncc2c(=O)c(C(N)=O)cn(-c3ccccc3)c2n1)N1CCCC1. The summed E-state index contributed by atoms with van der Waals surface area (Å²) in [7, 11) is 0. The Kier molecular flexibility index (Phi) is 4.79. The second kappa shape index (κ2) is 7.40. The topological polar surface area (TPSA) is 97.3 Å². The zero-order chi connectivity index (χ0) is 19.7. The lowest BCUT2D eigenvalue weighted by Crippen LogP contribution is -2.41. The van der Waals surface area contributed by atoms with Gasteiger partial charge in [0.25, 0.3) is 5.91 Å². The quantitative estimate of drug-likeness (QED) is 0.726. The van der Waals surface area contributed by atoms with Gasteiger partial charge in [0, 0.05) is 37.7 Å². The molecule has 0 unspecified atom stereocenters. The van der Waals surface area contributed by atoms with Crippen molar-refractivity contribution in [1.29, 1.82) is 0 Å². The summed E-state index contributed by atoms with van der Waals surface area (Å²) in [5.74, 6) is -0.235. The minimum Gasteiger partial charge on any atom is -0.365 e. The van der Waals surface area contributed by atoms with Gasteiger partial charge in [-0.2, -0.15) is 4.98 Å².